The molecule has 0 unspecified atom stereocenters. The van der Waals surface area contributed by atoms with Crippen LogP contribution in [-0.2, 0) is 0 Å². The summed E-state index contributed by atoms with van der Waals surface area (Å²) >= 11 is 0. The van der Waals surface area contributed by atoms with Crippen LogP contribution in [0.3, 0.4) is 0 Å². The topological polar surface area (TPSA) is 78.6 Å². The van der Waals surface area contributed by atoms with E-state index in [1.54, 1.807) is 36.5 Å². The summed E-state index contributed by atoms with van der Waals surface area (Å²) in [5, 5.41) is 4.11. The smallest absolute Gasteiger partial charge is 0.383 e. The number of aryl methyl sites for hydroxylation is 1. The van der Waals surface area contributed by atoms with Crippen LogP contribution < -0.4 is 9.47 Å². The van der Waals surface area contributed by atoms with E-state index in [0.29, 0.717) is 23.9 Å². The average Bonchev–Trinajstić information content (AvgIpc) is 2.95. The third kappa shape index (κ3) is 2.60. The van der Waals surface area contributed by atoms with Gasteiger partial charge < -0.3 is 9.47 Å². The summed E-state index contributed by atoms with van der Waals surface area (Å²) in [6, 6.07) is 8.73. The Morgan fingerprint density at radius 3 is 2.73 bits per heavy atom. The predicted molar refractivity (Wildman–Crippen MR) is 78.1 cm³/mol. The molecule has 112 valence electrons. The number of rotatable bonds is 4. The van der Waals surface area contributed by atoms with Crippen LogP contribution in [0.4, 0.5) is 0 Å². The van der Waals surface area contributed by atoms with Gasteiger partial charge in [-0.1, -0.05) is 12.1 Å². The second kappa shape index (κ2) is 5.80. The summed E-state index contributed by atoms with van der Waals surface area (Å²) < 4.78 is 12.2. The fraction of sp³-hybridized carbons (Fsp3) is 0.200. The molecule has 0 saturated heterocycles. The number of hydrogen-bond acceptors (Lipinski definition) is 6. The molecule has 7 heteroatoms. The molecule has 0 spiro atoms. The van der Waals surface area contributed by atoms with Crippen molar-refractivity contribution in [2.24, 2.45) is 0 Å². The van der Waals surface area contributed by atoms with Gasteiger partial charge >= 0.3 is 5.97 Å². The highest BCUT2D eigenvalue weighted by Gasteiger charge is 2.18. The quantitative estimate of drug-likeness (QED) is 0.542. The van der Waals surface area contributed by atoms with Gasteiger partial charge in [0.15, 0.2) is 11.5 Å². The Morgan fingerprint density at radius 2 is 2.00 bits per heavy atom. The van der Waals surface area contributed by atoms with E-state index in [9.17, 15) is 4.79 Å². The minimum Gasteiger partial charge on any atom is -0.490 e. The number of hydrogen-bond donors (Lipinski definition) is 0. The van der Waals surface area contributed by atoms with Gasteiger partial charge in [-0.2, -0.15) is 4.98 Å². The first-order chi connectivity index (χ1) is 10.7. The van der Waals surface area contributed by atoms with Gasteiger partial charge in [0.1, 0.15) is 0 Å². The van der Waals surface area contributed by atoms with Crippen molar-refractivity contribution in [1.82, 2.24) is 19.6 Å². The maximum atomic E-state index is 12.2. The Balaban J connectivity index is 1.89. The van der Waals surface area contributed by atoms with Crippen molar-refractivity contribution in [2.45, 2.75) is 13.8 Å². The number of carbonyl (C=O) groups excluding carboxylic acids is 1. The predicted octanol–water partition coefficient (Wildman–Crippen LogP) is 2.05. The molecular formula is C15H14N4O3. The third-order valence-electron chi connectivity index (χ3n) is 2.96. The average molecular weight is 298 g/mol. The second-order valence-electron chi connectivity index (χ2n) is 4.50. The minimum absolute atomic E-state index is 0.0481. The standard InChI is InChI=1S/C15H14N4O3/c1-3-21-11-6-4-5-7-12(11)22-14(20)13-17-15-16-9-8-10(2)19(15)18-13/h4-9H,3H2,1-2H3. The normalized spacial score (nSPS) is 10.6. The lowest BCUT2D eigenvalue weighted by Crippen LogP contribution is -2.12. The first kappa shape index (κ1) is 14.0. The summed E-state index contributed by atoms with van der Waals surface area (Å²) in [4.78, 5) is 20.3. The van der Waals surface area contributed by atoms with Crippen LogP contribution in [-0.4, -0.2) is 32.2 Å². The number of para-hydroxylation sites is 2. The maximum absolute atomic E-state index is 12.2. The number of benzene rings is 1. The van der Waals surface area contributed by atoms with Gasteiger partial charge in [-0.05, 0) is 32.0 Å². The van der Waals surface area contributed by atoms with Crippen LogP contribution in [0.25, 0.3) is 5.78 Å². The molecule has 2 aromatic heterocycles. The van der Waals surface area contributed by atoms with Crippen molar-refractivity contribution in [1.29, 1.82) is 0 Å². The van der Waals surface area contributed by atoms with Crippen molar-refractivity contribution < 1.29 is 14.3 Å². The van der Waals surface area contributed by atoms with Crippen molar-refractivity contribution in [3.05, 3.63) is 48.0 Å². The van der Waals surface area contributed by atoms with Crippen LogP contribution in [0.15, 0.2) is 36.5 Å². The van der Waals surface area contributed by atoms with Gasteiger partial charge in [-0.3, -0.25) is 0 Å². The van der Waals surface area contributed by atoms with Crippen LogP contribution in [0, 0.1) is 6.92 Å². The molecule has 0 bridgehead atoms. The van der Waals surface area contributed by atoms with Gasteiger partial charge in [-0.25, -0.2) is 14.3 Å². The molecule has 0 saturated carbocycles. The van der Waals surface area contributed by atoms with Gasteiger partial charge in [0.05, 0.1) is 6.61 Å². The van der Waals surface area contributed by atoms with Crippen molar-refractivity contribution in [3.8, 4) is 11.5 Å². The Labute approximate surface area is 126 Å². The molecule has 0 fully saturated rings. The fourth-order valence-corrected chi connectivity index (χ4v) is 1.95. The molecule has 0 amide bonds. The summed E-state index contributed by atoms with van der Waals surface area (Å²) in [6.45, 7) is 4.18. The van der Waals surface area contributed by atoms with E-state index < -0.39 is 5.97 Å². The molecule has 3 aromatic rings. The number of ether oxygens (including phenoxy) is 2. The van der Waals surface area contributed by atoms with Gasteiger partial charge in [0, 0.05) is 11.9 Å². The molecular weight excluding hydrogens is 284 g/mol. The molecule has 7 nitrogen and oxygen atoms in total. The molecule has 0 aliphatic carbocycles. The van der Waals surface area contributed by atoms with Gasteiger partial charge in [0.25, 0.3) is 11.6 Å². The molecule has 0 N–H and O–H groups in total. The van der Waals surface area contributed by atoms with Crippen molar-refractivity contribution >= 4 is 11.7 Å². The summed E-state index contributed by atoms with van der Waals surface area (Å²) in [5.74, 6) is 0.476. The van der Waals surface area contributed by atoms with Crippen molar-refractivity contribution in [2.75, 3.05) is 6.61 Å². The highest BCUT2D eigenvalue weighted by atomic mass is 16.6. The van der Waals surface area contributed by atoms with Gasteiger partial charge in [-0.15, -0.1) is 5.10 Å². The SMILES string of the molecule is CCOc1ccccc1OC(=O)c1nc2nccc(C)n2n1. The van der Waals surface area contributed by atoms with Gasteiger partial charge in [0.2, 0.25) is 0 Å². The summed E-state index contributed by atoms with van der Waals surface area (Å²) in [6.07, 6.45) is 1.61. The Morgan fingerprint density at radius 1 is 1.23 bits per heavy atom. The highest BCUT2D eigenvalue weighted by Crippen LogP contribution is 2.26. The number of fused-ring (bicyclic) bond motifs is 1. The molecule has 0 atom stereocenters. The van der Waals surface area contributed by atoms with E-state index >= 15 is 0 Å². The summed E-state index contributed by atoms with van der Waals surface area (Å²) in [7, 11) is 0. The van der Waals surface area contributed by atoms with E-state index in [0.717, 1.165) is 5.69 Å². The molecule has 0 aliphatic rings. The van der Waals surface area contributed by atoms with Crippen LogP contribution >= 0.6 is 0 Å². The largest absolute Gasteiger partial charge is 0.490 e. The lowest BCUT2D eigenvalue weighted by molar-refractivity contribution is 0.0716. The molecule has 0 radical (unpaired) electrons. The summed E-state index contributed by atoms with van der Waals surface area (Å²) in [5.41, 5.74) is 0.825. The Hall–Kier alpha value is -2.96. The monoisotopic (exact) mass is 298 g/mol. The Bertz CT molecular complexity index is 829. The lowest BCUT2D eigenvalue weighted by Gasteiger charge is -2.08. The Kier molecular flexibility index (Phi) is 3.69. The van der Waals surface area contributed by atoms with E-state index in [1.807, 2.05) is 13.8 Å². The van der Waals surface area contributed by atoms with E-state index in [4.69, 9.17) is 9.47 Å². The first-order valence-corrected chi connectivity index (χ1v) is 6.81. The zero-order valence-electron chi connectivity index (χ0n) is 12.2. The molecule has 0 aliphatic heterocycles. The maximum Gasteiger partial charge on any atom is 0.383 e. The molecule has 2 heterocycles. The number of aromatic nitrogens is 4. The van der Waals surface area contributed by atoms with Crippen LogP contribution in [0.1, 0.15) is 23.2 Å². The van der Waals surface area contributed by atoms with E-state index in [1.165, 1.54) is 4.52 Å². The molecule has 22 heavy (non-hydrogen) atoms. The lowest BCUT2D eigenvalue weighted by atomic mass is 10.3. The second-order valence-corrected chi connectivity index (χ2v) is 4.50. The fourth-order valence-electron chi connectivity index (χ4n) is 1.95. The first-order valence-electron chi connectivity index (χ1n) is 6.81. The number of nitrogens with zero attached hydrogens (tertiary/aromatic N) is 4. The van der Waals surface area contributed by atoms with Crippen LogP contribution in [0.2, 0.25) is 0 Å². The highest BCUT2D eigenvalue weighted by molar-refractivity contribution is 5.87. The van der Waals surface area contributed by atoms with E-state index in [-0.39, 0.29) is 5.82 Å². The molecule has 1 aromatic carbocycles. The van der Waals surface area contributed by atoms with E-state index in [2.05, 4.69) is 15.1 Å². The zero-order valence-corrected chi connectivity index (χ0v) is 12.2. The number of esters is 1. The van der Waals surface area contributed by atoms with Crippen LogP contribution in [0.5, 0.6) is 11.5 Å². The van der Waals surface area contributed by atoms with Crippen molar-refractivity contribution in [3.63, 3.8) is 0 Å². The molecule has 3 rings (SSSR count). The zero-order chi connectivity index (χ0) is 15.5. The minimum atomic E-state index is -0.656. The third-order valence-corrected chi connectivity index (χ3v) is 2.96. The number of carbonyl (C=O) groups is 1.